The van der Waals surface area contributed by atoms with Crippen LogP contribution in [0.4, 0.5) is 5.82 Å². The van der Waals surface area contributed by atoms with E-state index >= 15 is 0 Å². The Bertz CT molecular complexity index is 1090. The van der Waals surface area contributed by atoms with Gasteiger partial charge in [0.15, 0.2) is 0 Å². The molecule has 170 valence electrons. The SMILES string of the molecule is CC(=O)N1CC[C@H](CNC(=O)c2ccc(-c3ccccc3)nc2NCCc2ccccn2)C1. The fourth-order valence-electron chi connectivity index (χ4n) is 4.02. The normalized spacial score (nSPS) is 15.3. The lowest BCUT2D eigenvalue weighted by atomic mass is 10.1. The van der Waals surface area contributed by atoms with Gasteiger partial charge in [-0.05, 0) is 36.6 Å². The minimum atomic E-state index is -0.163. The molecule has 7 nitrogen and oxygen atoms in total. The molecule has 0 radical (unpaired) electrons. The maximum Gasteiger partial charge on any atom is 0.255 e. The maximum absolute atomic E-state index is 13.0. The van der Waals surface area contributed by atoms with E-state index in [1.165, 1.54) is 0 Å². The third-order valence-electron chi connectivity index (χ3n) is 5.89. The summed E-state index contributed by atoms with van der Waals surface area (Å²) in [4.78, 5) is 35.6. The molecule has 3 aromatic rings. The molecule has 7 heteroatoms. The summed E-state index contributed by atoms with van der Waals surface area (Å²) < 4.78 is 0. The largest absolute Gasteiger partial charge is 0.369 e. The first kappa shape index (κ1) is 22.5. The van der Waals surface area contributed by atoms with Crippen LogP contribution in [0.1, 0.15) is 29.4 Å². The number of nitrogens with one attached hydrogen (secondary N) is 2. The Morgan fingerprint density at radius 1 is 1.06 bits per heavy atom. The van der Waals surface area contributed by atoms with Crippen LogP contribution < -0.4 is 10.6 Å². The number of pyridine rings is 2. The predicted molar refractivity (Wildman–Crippen MR) is 129 cm³/mol. The van der Waals surface area contributed by atoms with E-state index in [2.05, 4.69) is 15.6 Å². The molecule has 1 fully saturated rings. The Balaban J connectivity index is 1.46. The van der Waals surface area contributed by atoms with Gasteiger partial charge in [-0.15, -0.1) is 0 Å². The highest BCUT2D eigenvalue weighted by atomic mass is 16.2. The van der Waals surface area contributed by atoms with E-state index in [1.54, 1.807) is 13.1 Å². The molecule has 2 amide bonds. The zero-order valence-electron chi connectivity index (χ0n) is 18.8. The van der Waals surface area contributed by atoms with E-state index in [4.69, 9.17) is 4.98 Å². The fourth-order valence-corrected chi connectivity index (χ4v) is 4.02. The maximum atomic E-state index is 13.0. The number of carbonyl (C=O) groups excluding carboxylic acids is 2. The Hall–Kier alpha value is -3.74. The summed E-state index contributed by atoms with van der Waals surface area (Å²) in [7, 11) is 0. The van der Waals surface area contributed by atoms with Crippen LogP contribution in [0.5, 0.6) is 0 Å². The minimum absolute atomic E-state index is 0.0870. The van der Waals surface area contributed by atoms with Gasteiger partial charge in [0.25, 0.3) is 5.91 Å². The summed E-state index contributed by atoms with van der Waals surface area (Å²) in [6.07, 6.45) is 3.40. The topological polar surface area (TPSA) is 87.2 Å². The zero-order valence-corrected chi connectivity index (χ0v) is 18.8. The standard InChI is InChI=1S/C26H29N5O2/c1-19(32)31-16-13-20(18-31)17-29-26(33)23-10-11-24(21-7-3-2-4-8-21)30-25(23)28-15-12-22-9-5-6-14-27-22/h2-11,14,20H,12-13,15-18H2,1H3,(H,28,30)(H,29,33)/t20-/m1/s1. The molecule has 1 saturated heterocycles. The molecule has 4 rings (SSSR count). The van der Waals surface area contributed by atoms with Crippen LogP contribution in [0.2, 0.25) is 0 Å². The van der Waals surface area contributed by atoms with Crippen molar-refractivity contribution in [1.82, 2.24) is 20.2 Å². The van der Waals surface area contributed by atoms with Crippen molar-refractivity contribution in [3.05, 3.63) is 78.1 Å². The monoisotopic (exact) mass is 443 g/mol. The average molecular weight is 444 g/mol. The lowest BCUT2D eigenvalue weighted by molar-refractivity contribution is -0.127. The van der Waals surface area contributed by atoms with E-state index in [1.807, 2.05) is 65.6 Å². The van der Waals surface area contributed by atoms with Gasteiger partial charge in [0, 0.05) is 57.0 Å². The van der Waals surface area contributed by atoms with Crippen molar-refractivity contribution in [3.63, 3.8) is 0 Å². The summed E-state index contributed by atoms with van der Waals surface area (Å²) in [5.74, 6) is 0.754. The fraction of sp³-hybridized carbons (Fsp3) is 0.308. The first-order chi connectivity index (χ1) is 16.1. The molecular formula is C26H29N5O2. The second-order valence-electron chi connectivity index (χ2n) is 8.29. The van der Waals surface area contributed by atoms with Gasteiger partial charge in [-0.2, -0.15) is 0 Å². The first-order valence-electron chi connectivity index (χ1n) is 11.3. The van der Waals surface area contributed by atoms with Gasteiger partial charge in [0.1, 0.15) is 5.82 Å². The zero-order chi connectivity index (χ0) is 23.0. The van der Waals surface area contributed by atoms with Gasteiger partial charge in [-0.3, -0.25) is 14.6 Å². The first-order valence-corrected chi connectivity index (χ1v) is 11.3. The molecule has 1 aromatic carbocycles. The highest BCUT2D eigenvalue weighted by Gasteiger charge is 2.25. The van der Waals surface area contributed by atoms with E-state index in [9.17, 15) is 9.59 Å². The number of anilines is 1. The van der Waals surface area contributed by atoms with Crippen LogP contribution in [-0.2, 0) is 11.2 Å². The molecule has 2 N–H and O–H groups in total. The molecule has 2 aromatic heterocycles. The number of rotatable bonds is 8. The molecule has 3 heterocycles. The van der Waals surface area contributed by atoms with Crippen LogP contribution in [-0.4, -0.2) is 52.9 Å². The number of aromatic nitrogens is 2. The second kappa shape index (κ2) is 10.7. The Labute approximate surface area is 194 Å². The molecule has 1 atom stereocenters. The van der Waals surface area contributed by atoms with Crippen molar-refractivity contribution in [2.24, 2.45) is 5.92 Å². The van der Waals surface area contributed by atoms with Crippen molar-refractivity contribution in [2.75, 3.05) is 31.5 Å². The molecule has 0 spiro atoms. The van der Waals surface area contributed by atoms with Crippen LogP contribution in [0.25, 0.3) is 11.3 Å². The van der Waals surface area contributed by atoms with E-state index in [0.717, 1.165) is 36.3 Å². The number of carbonyl (C=O) groups is 2. The van der Waals surface area contributed by atoms with Crippen molar-refractivity contribution >= 4 is 17.6 Å². The summed E-state index contributed by atoms with van der Waals surface area (Å²) >= 11 is 0. The number of hydrogen-bond acceptors (Lipinski definition) is 5. The van der Waals surface area contributed by atoms with Crippen LogP contribution in [0.3, 0.4) is 0 Å². The van der Waals surface area contributed by atoms with Gasteiger partial charge in [0.2, 0.25) is 5.91 Å². The summed E-state index contributed by atoms with van der Waals surface area (Å²) in [5, 5.41) is 6.38. The molecule has 33 heavy (non-hydrogen) atoms. The second-order valence-corrected chi connectivity index (χ2v) is 8.29. The smallest absolute Gasteiger partial charge is 0.255 e. The number of amides is 2. The van der Waals surface area contributed by atoms with E-state index in [0.29, 0.717) is 31.0 Å². The Morgan fingerprint density at radius 2 is 1.88 bits per heavy atom. The molecular weight excluding hydrogens is 414 g/mol. The lowest BCUT2D eigenvalue weighted by Gasteiger charge is -2.16. The van der Waals surface area contributed by atoms with Crippen LogP contribution >= 0.6 is 0 Å². The van der Waals surface area contributed by atoms with Gasteiger partial charge >= 0.3 is 0 Å². The van der Waals surface area contributed by atoms with E-state index < -0.39 is 0 Å². The Kier molecular flexibility index (Phi) is 7.29. The summed E-state index contributed by atoms with van der Waals surface area (Å²) in [5.41, 5.74) is 3.29. The van der Waals surface area contributed by atoms with Crippen molar-refractivity contribution < 1.29 is 9.59 Å². The number of hydrogen-bond donors (Lipinski definition) is 2. The van der Waals surface area contributed by atoms with E-state index in [-0.39, 0.29) is 17.7 Å². The number of nitrogens with zero attached hydrogens (tertiary/aromatic N) is 3. The van der Waals surface area contributed by atoms with Gasteiger partial charge < -0.3 is 15.5 Å². The van der Waals surface area contributed by atoms with Crippen LogP contribution in [0, 0.1) is 5.92 Å². The molecule has 1 aliphatic heterocycles. The van der Waals surface area contributed by atoms with Crippen molar-refractivity contribution in [3.8, 4) is 11.3 Å². The quantitative estimate of drug-likeness (QED) is 0.557. The van der Waals surface area contributed by atoms with Crippen molar-refractivity contribution in [2.45, 2.75) is 19.8 Å². The van der Waals surface area contributed by atoms with Gasteiger partial charge in [0.05, 0.1) is 11.3 Å². The van der Waals surface area contributed by atoms with Gasteiger partial charge in [-0.25, -0.2) is 4.98 Å². The molecule has 0 bridgehead atoms. The minimum Gasteiger partial charge on any atom is -0.369 e. The molecule has 1 aliphatic rings. The highest BCUT2D eigenvalue weighted by Crippen LogP contribution is 2.22. The van der Waals surface area contributed by atoms with Gasteiger partial charge in [-0.1, -0.05) is 36.4 Å². The summed E-state index contributed by atoms with van der Waals surface area (Å²) in [6.45, 7) is 4.18. The molecule has 0 unspecified atom stereocenters. The molecule has 0 aliphatic carbocycles. The van der Waals surface area contributed by atoms with Crippen molar-refractivity contribution in [1.29, 1.82) is 0 Å². The highest BCUT2D eigenvalue weighted by molar-refractivity contribution is 5.99. The Morgan fingerprint density at radius 3 is 2.61 bits per heavy atom. The average Bonchev–Trinajstić information content (AvgIpc) is 3.33. The third-order valence-corrected chi connectivity index (χ3v) is 5.89. The number of likely N-dealkylation sites (tertiary alicyclic amines) is 1. The lowest BCUT2D eigenvalue weighted by Crippen LogP contribution is -2.32. The molecule has 0 saturated carbocycles. The third kappa shape index (κ3) is 5.94. The predicted octanol–water partition coefficient (Wildman–Crippen LogP) is 3.40. The van der Waals surface area contributed by atoms with Crippen LogP contribution in [0.15, 0.2) is 66.9 Å². The summed E-state index contributed by atoms with van der Waals surface area (Å²) in [6, 6.07) is 19.4. The number of benzene rings is 1.